The smallest absolute Gasteiger partial charge is 0.160 e. The van der Waals surface area contributed by atoms with Crippen molar-refractivity contribution in [3.8, 4) is 28.1 Å². The van der Waals surface area contributed by atoms with E-state index in [4.69, 9.17) is 9.72 Å². The van der Waals surface area contributed by atoms with E-state index in [0.29, 0.717) is 6.61 Å². The van der Waals surface area contributed by atoms with Crippen LogP contribution in [0.3, 0.4) is 0 Å². The summed E-state index contributed by atoms with van der Waals surface area (Å²) in [6.07, 6.45) is 1.80. The van der Waals surface area contributed by atoms with E-state index in [9.17, 15) is 0 Å². The fourth-order valence-corrected chi connectivity index (χ4v) is 3.54. The van der Waals surface area contributed by atoms with Crippen LogP contribution in [0.25, 0.3) is 33.4 Å². The lowest BCUT2D eigenvalue weighted by atomic mass is 9.91. The number of fused-ring (bicyclic) bond motifs is 4. The quantitative estimate of drug-likeness (QED) is 0.485. The highest BCUT2D eigenvalue weighted by Crippen LogP contribution is 2.43. The first-order chi connectivity index (χ1) is 12.3. The lowest BCUT2D eigenvalue weighted by molar-refractivity contribution is 0.302. The van der Waals surface area contributed by atoms with Gasteiger partial charge >= 0.3 is 0 Å². The molecule has 0 bridgehead atoms. The molecule has 25 heavy (non-hydrogen) atoms. The van der Waals surface area contributed by atoms with Crippen molar-refractivity contribution in [3.63, 3.8) is 0 Å². The van der Waals surface area contributed by atoms with Gasteiger partial charge in [0.1, 0.15) is 12.4 Å². The van der Waals surface area contributed by atoms with Crippen LogP contribution in [0.1, 0.15) is 11.1 Å². The van der Waals surface area contributed by atoms with Gasteiger partial charge in [0.25, 0.3) is 0 Å². The molecule has 3 heterocycles. The Hall–Kier alpha value is -3.20. The highest BCUT2D eigenvalue weighted by molar-refractivity contribution is 5.98. The fraction of sp³-hybridized carbons (Fsp3) is 0.0909. The second kappa shape index (κ2) is 5.42. The van der Waals surface area contributed by atoms with Crippen LogP contribution in [0, 0.1) is 6.92 Å². The van der Waals surface area contributed by atoms with E-state index in [1.165, 1.54) is 16.7 Å². The molecule has 0 saturated carbocycles. The van der Waals surface area contributed by atoms with Crippen LogP contribution in [-0.2, 0) is 6.61 Å². The minimum absolute atomic E-state index is 0.521. The van der Waals surface area contributed by atoms with Gasteiger partial charge < -0.3 is 4.74 Å². The molecule has 0 amide bonds. The van der Waals surface area contributed by atoms with Crippen LogP contribution in [0.5, 0.6) is 5.75 Å². The van der Waals surface area contributed by atoms with E-state index in [1.807, 2.05) is 18.2 Å². The van der Waals surface area contributed by atoms with Crippen LogP contribution in [0.2, 0.25) is 0 Å². The third-order valence-electron chi connectivity index (χ3n) is 4.69. The molecular formula is C22H16N2O. The van der Waals surface area contributed by atoms with E-state index < -0.39 is 0 Å². The average Bonchev–Trinajstić information content (AvgIpc) is 2.67. The van der Waals surface area contributed by atoms with Crippen LogP contribution in [-0.4, -0.2) is 9.97 Å². The minimum atomic E-state index is 0.521. The van der Waals surface area contributed by atoms with Crippen molar-refractivity contribution in [3.05, 3.63) is 78.0 Å². The largest absolute Gasteiger partial charge is 0.488 e. The summed E-state index contributed by atoms with van der Waals surface area (Å²) in [5.74, 6) is 0.889. The van der Waals surface area contributed by atoms with Crippen LogP contribution >= 0.6 is 0 Å². The van der Waals surface area contributed by atoms with E-state index in [1.54, 1.807) is 6.20 Å². The maximum atomic E-state index is 6.06. The van der Waals surface area contributed by atoms with Crippen molar-refractivity contribution in [2.45, 2.75) is 13.5 Å². The Labute approximate surface area is 146 Å². The third-order valence-corrected chi connectivity index (χ3v) is 4.69. The maximum absolute atomic E-state index is 6.06. The van der Waals surface area contributed by atoms with Crippen molar-refractivity contribution in [2.24, 2.45) is 0 Å². The molecule has 0 N–H and O–H groups in total. The minimum Gasteiger partial charge on any atom is -0.488 e. The first kappa shape index (κ1) is 14.2. The molecule has 4 aromatic rings. The number of benzene rings is 2. The van der Waals surface area contributed by atoms with Gasteiger partial charge in [-0.15, -0.1) is 0 Å². The molecule has 0 spiro atoms. The summed E-state index contributed by atoms with van der Waals surface area (Å²) in [5, 5.41) is 1.06. The lowest BCUT2D eigenvalue weighted by Crippen LogP contribution is -2.10. The Kier molecular flexibility index (Phi) is 3.07. The Balaban J connectivity index is 1.91. The molecule has 0 unspecified atom stereocenters. The number of rotatable bonds is 1. The summed E-state index contributed by atoms with van der Waals surface area (Å²) in [6, 6.07) is 20.7. The Morgan fingerprint density at radius 1 is 0.960 bits per heavy atom. The topological polar surface area (TPSA) is 35.0 Å². The molecule has 120 valence electrons. The second-order valence-electron chi connectivity index (χ2n) is 6.34. The van der Waals surface area contributed by atoms with Gasteiger partial charge in [0.15, 0.2) is 5.65 Å². The molecule has 5 rings (SSSR count). The molecular weight excluding hydrogens is 308 g/mol. The van der Waals surface area contributed by atoms with E-state index >= 15 is 0 Å². The number of aryl methyl sites for hydroxylation is 1. The number of hydrogen-bond acceptors (Lipinski definition) is 3. The van der Waals surface area contributed by atoms with Gasteiger partial charge in [-0.3, -0.25) is 0 Å². The zero-order valence-electron chi connectivity index (χ0n) is 13.9. The fourth-order valence-electron chi connectivity index (χ4n) is 3.54. The second-order valence-corrected chi connectivity index (χ2v) is 6.34. The van der Waals surface area contributed by atoms with Crippen LogP contribution < -0.4 is 4.74 Å². The molecule has 2 aromatic carbocycles. The van der Waals surface area contributed by atoms with Crippen molar-refractivity contribution in [1.29, 1.82) is 0 Å². The Morgan fingerprint density at radius 2 is 1.84 bits per heavy atom. The molecule has 2 aromatic heterocycles. The van der Waals surface area contributed by atoms with Gasteiger partial charge in [-0.1, -0.05) is 42.0 Å². The molecule has 0 fully saturated rings. The normalized spacial score (nSPS) is 12.4. The van der Waals surface area contributed by atoms with Crippen molar-refractivity contribution >= 4 is 11.0 Å². The van der Waals surface area contributed by atoms with E-state index in [-0.39, 0.29) is 0 Å². The molecule has 1 aliphatic heterocycles. The summed E-state index contributed by atoms with van der Waals surface area (Å²) < 4.78 is 6.06. The SMILES string of the molecule is Cc1ccc2c(c1)-c1nc3ncccc3c(-c3ccccc3)c1CO2. The summed E-state index contributed by atoms with van der Waals surface area (Å²) in [5.41, 5.74) is 7.46. The van der Waals surface area contributed by atoms with Gasteiger partial charge in [0.05, 0.1) is 5.69 Å². The predicted molar refractivity (Wildman–Crippen MR) is 99.5 cm³/mol. The summed E-state index contributed by atoms with van der Waals surface area (Å²) >= 11 is 0. The van der Waals surface area contributed by atoms with E-state index in [2.05, 4.69) is 54.4 Å². The molecule has 1 aliphatic rings. The van der Waals surface area contributed by atoms with Crippen molar-refractivity contribution in [2.75, 3.05) is 0 Å². The first-order valence-electron chi connectivity index (χ1n) is 8.38. The zero-order valence-corrected chi connectivity index (χ0v) is 13.9. The summed E-state index contributed by atoms with van der Waals surface area (Å²) in [7, 11) is 0. The van der Waals surface area contributed by atoms with Gasteiger partial charge in [-0.2, -0.15) is 0 Å². The van der Waals surface area contributed by atoms with Gasteiger partial charge in [0.2, 0.25) is 0 Å². The van der Waals surface area contributed by atoms with Crippen molar-refractivity contribution < 1.29 is 4.74 Å². The molecule has 0 radical (unpaired) electrons. The molecule has 3 nitrogen and oxygen atoms in total. The van der Waals surface area contributed by atoms with Crippen LogP contribution in [0.15, 0.2) is 66.9 Å². The first-order valence-corrected chi connectivity index (χ1v) is 8.38. The highest BCUT2D eigenvalue weighted by atomic mass is 16.5. The standard InChI is InChI=1S/C22H16N2O/c1-14-9-10-19-17(12-14)21-18(13-25-19)20(15-6-3-2-4-7-15)16-8-5-11-23-22(16)24-21/h2-12H,13H2,1H3. The zero-order chi connectivity index (χ0) is 16.8. The van der Waals surface area contributed by atoms with Gasteiger partial charge in [-0.25, -0.2) is 9.97 Å². The molecule has 3 heteroatoms. The van der Waals surface area contributed by atoms with Gasteiger partial charge in [0, 0.05) is 28.3 Å². The summed E-state index contributed by atoms with van der Waals surface area (Å²) in [4.78, 5) is 9.41. The molecule has 0 saturated heterocycles. The maximum Gasteiger partial charge on any atom is 0.160 e. The number of hydrogen-bond donors (Lipinski definition) is 0. The highest BCUT2D eigenvalue weighted by Gasteiger charge is 2.24. The molecule has 0 aliphatic carbocycles. The average molecular weight is 324 g/mol. The lowest BCUT2D eigenvalue weighted by Gasteiger charge is -2.24. The predicted octanol–water partition coefficient (Wildman–Crippen LogP) is 5.16. The number of nitrogens with zero attached hydrogens (tertiary/aromatic N) is 2. The Morgan fingerprint density at radius 3 is 2.72 bits per heavy atom. The monoisotopic (exact) mass is 324 g/mol. The van der Waals surface area contributed by atoms with Crippen molar-refractivity contribution in [1.82, 2.24) is 9.97 Å². The van der Waals surface area contributed by atoms with E-state index in [0.717, 1.165) is 33.6 Å². The molecule has 0 atom stereocenters. The summed E-state index contributed by atoms with van der Waals surface area (Å²) in [6.45, 7) is 2.61. The third kappa shape index (κ3) is 2.20. The van der Waals surface area contributed by atoms with Gasteiger partial charge in [-0.05, 0) is 36.8 Å². The number of aromatic nitrogens is 2. The Bertz CT molecular complexity index is 1100. The van der Waals surface area contributed by atoms with Crippen LogP contribution in [0.4, 0.5) is 0 Å². The number of ether oxygens (including phenoxy) is 1. The number of pyridine rings is 2.